The number of carbonyl (C=O) groups is 1. The summed E-state index contributed by atoms with van der Waals surface area (Å²) in [6, 6.07) is 7.37. The van der Waals surface area contributed by atoms with Gasteiger partial charge < -0.3 is 10.2 Å². The summed E-state index contributed by atoms with van der Waals surface area (Å²) < 4.78 is 25.3. The summed E-state index contributed by atoms with van der Waals surface area (Å²) in [5.74, 6) is -1.49. The van der Waals surface area contributed by atoms with Crippen LogP contribution in [0.4, 0.5) is 0 Å². The summed E-state index contributed by atoms with van der Waals surface area (Å²) in [6.45, 7) is -0.161. The van der Waals surface area contributed by atoms with E-state index in [-0.39, 0.29) is 18.7 Å². The highest BCUT2D eigenvalue weighted by molar-refractivity contribution is 7.88. The molecule has 0 aromatic heterocycles. The smallest absolute Gasteiger partial charge is 0.322 e. The molecule has 1 aliphatic heterocycles. The van der Waals surface area contributed by atoms with Gasteiger partial charge in [-0.15, -0.1) is 0 Å². The van der Waals surface area contributed by atoms with Crippen LogP contribution in [-0.2, 0) is 20.6 Å². The van der Waals surface area contributed by atoms with E-state index in [1.165, 1.54) is 0 Å². The first kappa shape index (κ1) is 14.0. The molecule has 0 saturated carbocycles. The first-order valence-corrected chi connectivity index (χ1v) is 7.45. The van der Waals surface area contributed by atoms with Crippen LogP contribution in [0.1, 0.15) is 12.0 Å². The third-order valence-electron chi connectivity index (χ3n) is 3.07. The number of benzene rings is 1. The second kappa shape index (κ2) is 5.28. The molecule has 1 aromatic rings. The Labute approximate surface area is 111 Å². The van der Waals surface area contributed by atoms with E-state index in [9.17, 15) is 18.3 Å². The lowest BCUT2D eigenvalue weighted by Crippen LogP contribution is -2.41. The molecule has 1 aromatic carbocycles. The molecule has 1 fully saturated rings. The molecule has 1 heterocycles. The second-order valence-electron chi connectivity index (χ2n) is 4.56. The van der Waals surface area contributed by atoms with E-state index in [4.69, 9.17) is 5.11 Å². The molecule has 19 heavy (non-hydrogen) atoms. The lowest BCUT2D eigenvalue weighted by Gasteiger charge is -2.20. The molecular formula is C12H15NO5S. The number of nitrogens with zero attached hydrogens (tertiary/aromatic N) is 1. The molecule has 1 saturated heterocycles. The maximum atomic E-state index is 12.2. The Balaban J connectivity index is 2.22. The number of carboxylic acid groups (broad SMARTS) is 1. The summed E-state index contributed by atoms with van der Waals surface area (Å²) in [5, 5.41) is 18.5. The monoisotopic (exact) mass is 285 g/mol. The fourth-order valence-corrected chi connectivity index (χ4v) is 3.93. The van der Waals surface area contributed by atoms with Crippen LogP contribution >= 0.6 is 0 Å². The van der Waals surface area contributed by atoms with Crippen molar-refractivity contribution < 1.29 is 23.4 Å². The number of β-amino-alcohol motifs (C(OH)–C–C–N with tert-alkyl or cyclic N) is 1. The SMILES string of the molecule is O=C(O)C1CC(O)CN1S(=O)(=O)Cc1ccccc1. The Bertz CT molecular complexity index is 557. The van der Waals surface area contributed by atoms with Gasteiger partial charge in [-0.1, -0.05) is 30.3 Å². The van der Waals surface area contributed by atoms with Crippen LogP contribution in [0.15, 0.2) is 30.3 Å². The summed E-state index contributed by atoms with van der Waals surface area (Å²) in [7, 11) is -3.75. The average Bonchev–Trinajstić information content (AvgIpc) is 2.73. The first-order valence-electron chi connectivity index (χ1n) is 5.84. The minimum atomic E-state index is -3.75. The second-order valence-corrected chi connectivity index (χ2v) is 6.48. The van der Waals surface area contributed by atoms with Gasteiger partial charge in [0.15, 0.2) is 0 Å². The fourth-order valence-electron chi connectivity index (χ4n) is 2.18. The number of carboxylic acids is 1. The van der Waals surface area contributed by atoms with Crippen molar-refractivity contribution in [2.24, 2.45) is 0 Å². The van der Waals surface area contributed by atoms with Crippen molar-refractivity contribution in [2.75, 3.05) is 6.54 Å². The van der Waals surface area contributed by atoms with Crippen molar-refractivity contribution >= 4 is 16.0 Å². The van der Waals surface area contributed by atoms with Gasteiger partial charge in [0, 0.05) is 13.0 Å². The minimum Gasteiger partial charge on any atom is -0.480 e. The Morgan fingerprint density at radius 1 is 1.32 bits per heavy atom. The molecule has 2 rings (SSSR count). The zero-order valence-electron chi connectivity index (χ0n) is 10.1. The molecule has 0 bridgehead atoms. The normalized spacial score (nSPS) is 24.5. The zero-order valence-corrected chi connectivity index (χ0v) is 11.0. The Kier molecular flexibility index (Phi) is 3.88. The van der Waals surface area contributed by atoms with E-state index in [1.54, 1.807) is 30.3 Å². The summed E-state index contributed by atoms with van der Waals surface area (Å²) in [6.07, 6.45) is -0.991. The molecule has 0 aliphatic carbocycles. The van der Waals surface area contributed by atoms with Crippen LogP contribution in [0, 0.1) is 0 Å². The van der Waals surface area contributed by atoms with Gasteiger partial charge in [-0.2, -0.15) is 4.31 Å². The van der Waals surface area contributed by atoms with Crippen molar-refractivity contribution in [2.45, 2.75) is 24.3 Å². The molecule has 0 radical (unpaired) electrons. The van der Waals surface area contributed by atoms with Crippen LogP contribution in [0.25, 0.3) is 0 Å². The highest BCUT2D eigenvalue weighted by Crippen LogP contribution is 2.24. The standard InChI is InChI=1S/C12H15NO5S/c14-10-6-11(12(15)16)13(7-10)19(17,18)8-9-4-2-1-3-5-9/h1-5,10-11,14H,6-8H2,(H,15,16). The van der Waals surface area contributed by atoms with Crippen molar-refractivity contribution in [3.63, 3.8) is 0 Å². The maximum absolute atomic E-state index is 12.2. The van der Waals surface area contributed by atoms with E-state index in [0.717, 1.165) is 4.31 Å². The van der Waals surface area contributed by atoms with Crippen molar-refractivity contribution in [1.82, 2.24) is 4.31 Å². The fraction of sp³-hybridized carbons (Fsp3) is 0.417. The molecule has 6 nitrogen and oxygen atoms in total. The van der Waals surface area contributed by atoms with Gasteiger partial charge in [0.25, 0.3) is 0 Å². The van der Waals surface area contributed by atoms with Crippen LogP contribution < -0.4 is 0 Å². The molecule has 2 atom stereocenters. The predicted molar refractivity (Wildman–Crippen MR) is 67.8 cm³/mol. The first-order chi connectivity index (χ1) is 8.90. The van der Waals surface area contributed by atoms with Gasteiger partial charge in [-0.25, -0.2) is 8.42 Å². The third kappa shape index (κ3) is 3.12. The molecule has 0 spiro atoms. The van der Waals surface area contributed by atoms with Crippen LogP contribution in [0.5, 0.6) is 0 Å². The minimum absolute atomic E-state index is 0.0661. The van der Waals surface area contributed by atoms with Crippen molar-refractivity contribution in [3.8, 4) is 0 Å². The number of hydrogen-bond acceptors (Lipinski definition) is 4. The van der Waals surface area contributed by atoms with E-state index < -0.39 is 28.1 Å². The van der Waals surface area contributed by atoms with Gasteiger partial charge in [0.05, 0.1) is 11.9 Å². The maximum Gasteiger partial charge on any atom is 0.322 e. The highest BCUT2D eigenvalue weighted by Gasteiger charge is 2.42. The third-order valence-corrected chi connectivity index (χ3v) is 4.88. The number of aliphatic hydroxyl groups excluding tert-OH is 1. The van der Waals surface area contributed by atoms with Gasteiger partial charge in [0.1, 0.15) is 6.04 Å². The lowest BCUT2D eigenvalue weighted by atomic mass is 10.2. The van der Waals surface area contributed by atoms with Gasteiger partial charge in [-0.05, 0) is 5.56 Å². The van der Waals surface area contributed by atoms with E-state index in [0.29, 0.717) is 5.56 Å². The highest BCUT2D eigenvalue weighted by atomic mass is 32.2. The Morgan fingerprint density at radius 2 is 1.95 bits per heavy atom. The van der Waals surface area contributed by atoms with Crippen LogP contribution in [-0.4, -0.2) is 47.6 Å². The predicted octanol–water partition coefficient (Wildman–Crippen LogP) is 0.0362. The van der Waals surface area contributed by atoms with E-state index in [2.05, 4.69) is 0 Å². The topological polar surface area (TPSA) is 94.9 Å². The van der Waals surface area contributed by atoms with E-state index in [1.807, 2.05) is 0 Å². The summed E-state index contributed by atoms with van der Waals surface area (Å²) >= 11 is 0. The van der Waals surface area contributed by atoms with Gasteiger partial charge in [0.2, 0.25) is 10.0 Å². The number of aliphatic carboxylic acids is 1. The van der Waals surface area contributed by atoms with Crippen LogP contribution in [0.2, 0.25) is 0 Å². The average molecular weight is 285 g/mol. The lowest BCUT2D eigenvalue weighted by molar-refractivity contribution is -0.140. The molecule has 0 amide bonds. The van der Waals surface area contributed by atoms with Gasteiger partial charge >= 0.3 is 5.97 Å². The van der Waals surface area contributed by atoms with Gasteiger partial charge in [-0.3, -0.25) is 4.79 Å². The molecular weight excluding hydrogens is 270 g/mol. The largest absolute Gasteiger partial charge is 0.480 e. The van der Waals surface area contributed by atoms with Crippen LogP contribution in [0.3, 0.4) is 0 Å². The van der Waals surface area contributed by atoms with Crippen molar-refractivity contribution in [1.29, 1.82) is 0 Å². The molecule has 7 heteroatoms. The number of aliphatic hydroxyl groups is 1. The number of sulfonamides is 1. The molecule has 2 unspecified atom stereocenters. The number of hydrogen-bond donors (Lipinski definition) is 2. The van der Waals surface area contributed by atoms with Crippen molar-refractivity contribution in [3.05, 3.63) is 35.9 Å². The Hall–Kier alpha value is -1.44. The Morgan fingerprint density at radius 3 is 2.53 bits per heavy atom. The summed E-state index contributed by atoms with van der Waals surface area (Å²) in [5.41, 5.74) is 0.591. The van der Waals surface area contributed by atoms with E-state index >= 15 is 0 Å². The molecule has 2 N–H and O–H groups in total. The quantitative estimate of drug-likeness (QED) is 0.814. The zero-order chi connectivity index (χ0) is 14.0. The number of rotatable bonds is 4. The summed E-state index contributed by atoms with van der Waals surface area (Å²) in [4.78, 5) is 11.0. The molecule has 1 aliphatic rings. The molecule has 104 valence electrons.